The molecule has 1 saturated heterocycles. The second kappa shape index (κ2) is 6.26. The van der Waals surface area contributed by atoms with E-state index in [0.29, 0.717) is 11.3 Å². The maximum Gasteiger partial charge on any atom is 0.237 e. The molecule has 5 heteroatoms. The van der Waals surface area contributed by atoms with Crippen molar-refractivity contribution in [3.63, 3.8) is 0 Å². The summed E-state index contributed by atoms with van der Waals surface area (Å²) in [5, 5.41) is 4.08. The molecule has 1 heterocycles. The molecular weight excluding hydrogens is 248 g/mol. The molecule has 104 valence electrons. The van der Waals surface area contributed by atoms with Gasteiger partial charge in [-0.2, -0.15) is 11.8 Å². The first kappa shape index (κ1) is 14.2. The SMILES string of the molecule is CC(CCSC1CCOCC1)(NC1CC1)C(N)=O. The quantitative estimate of drug-likeness (QED) is 0.733. The first-order valence-electron chi connectivity index (χ1n) is 6.87. The third kappa shape index (κ3) is 4.14. The van der Waals surface area contributed by atoms with Crippen LogP contribution in [0, 0.1) is 0 Å². The van der Waals surface area contributed by atoms with Gasteiger partial charge in [0, 0.05) is 24.5 Å². The molecule has 1 aliphatic heterocycles. The van der Waals surface area contributed by atoms with Crippen LogP contribution in [0.15, 0.2) is 0 Å². The number of nitrogens with one attached hydrogen (secondary N) is 1. The number of ether oxygens (including phenoxy) is 1. The number of nitrogens with two attached hydrogens (primary N) is 1. The molecule has 1 saturated carbocycles. The van der Waals surface area contributed by atoms with Crippen LogP contribution in [0.1, 0.15) is 39.0 Å². The topological polar surface area (TPSA) is 64.3 Å². The van der Waals surface area contributed by atoms with Crippen LogP contribution in [0.2, 0.25) is 0 Å². The number of hydrogen-bond donors (Lipinski definition) is 2. The van der Waals surface area contributed by atoms with E-state index in [9.17, 15) is 4.79 Å². The van der Waals surface area contributed by atoms with Gasteiger partial charge in [0.15, 0.2) is 0 Å². The summed E-state index contributed by atoms with van der Waals surface area (Å²) in [4.78, 5) is 11.6. The Kier molecular flexibility index (Phi) is 4.92. The summed E-state index contributed by atoms with van der Waals surface area (Å²) in [6, 6.07) is 0.510. The van der Waals surface area contributed by atoms with E-state index in [1.807, 2.05) is 18.7 Å². The third-order valence-corrected chi connectivity index (χ3v) is 5.15. The normalized spacial score (nSPS) is 24.7. The summed E-state index contributed by atoms with van der Waals surface area (Å²) in [6.45, 7) is 3.70. The molecular formula is C13H24N2O2S. The molecule has 4 nitrogen and oxygen atoms in total. The highest BCUT2D eigenvalue weighted by molar-refractivity contribution is 7.99. The molecule has 1 aliphatic carbocycles. The lowest BCUT2D eigenvalue weighted by atomic mass is 9.98. The largest absolute Gasteiger partial charge is 0.381 e. The minimum atomic E-state index is -0.528. The van der Waals surface area contributed by atoms with Crippen molar-refractivity contribution in [1.82, 2.24) is 5.32 Å². The van der Waals surface area contributed by atoms with Crippen molar-refractivity contribution < 1.29 is 9.53 Å². The van der Waals surface area contributed by atoms with Crippen molar-refractivity contribution in [3.05, 3.63) is 0 Å². The Labute approximate surface area is 113 Å². The first-order valence-corrected chi connectivity index (χ1v) is 7.92. The van der Waals surface area contributed by atoms with Crippen LogP contribution in [0.4, 0.5) is 0 Å². The molecule has 2 rings (SSSR count). The zero-order valence-electron chi connectivity index (χ0n) is 11.1. The minimum Gasteiger partial charge on any atom is -0.381 e. The fourth-order valence-corrected chi connectivity index (χ4v) is 3.60. The molecule has 18 heavy (non-hydrogen) atoms. The highest BCUT2D eigenvalue weighted by atomic mass is 32.2. The van der Waals surface area contributed by atoms with Gasteiger partial charge in [-0.1, -0.05) is 0 Å². The van der Waals surface area contributed by atoms with Gasteiger partial charge in [-0.3, -0.25) is 4.79 Å². The summed E-state index contributed by atoms with van der Waals surface area (Å²) < 4.78 is 5.35. The highest BCUT2D eigenvalue weighted by Crippen LogP contribution is 2.27. The predicted octanol–water partition coefficient (Wildman–Crippen LogP) is 1.28. The maximum absolute atomic E-state index is 11.6. The van der Waals surface area contributed by atoms with Gasteiger partial charge in [0.2, 0.25) is 5.91 Å². The van der Waals surface area contributed by atoms with E-state index in [1.54, 1.807) is 0 Å². The van der Waals surface area contributed by atoms with Crippen molar-refractivity contribution in [2.75, 3.05) is 19.0 Å². The Morgan fingerprint density at radius 1 is 1.39 bits per heavy atom. The molecule has 0 aromatic rings. The van der Waals surface area contributed by atoms with E-state index < -0.39 is 5.54 Å². The average molecular weight is 272 g/mol. The van der Waals surface area contributed by atoms with E-state index in [2.05, 4.69) is 5.32 Å². The number of amides is 1. The summed E-state index contributed by atoms with van der Waals surface area (Å²) in [6.07, 6.45) is 5.44. The number of carbonyl (C=O) groups is 1. The molecule has 1 amide bonds. The molecule has 0 bridgehead atoms. The Bertz CT molecular complexity index is 291. The zero-order valence-corrected chi connectivity index (χ0v) is 11.9. The van der Waals surface area contributed by atoms with E-state index in [4.69, 9.17) is 10.5 Å². The molecule has 0 aromatic heterocycles. The van der Waals surface area contributed by atoms with Crippen LogP contribution < -0.4 is 11.1 Å². The Hall–Kier alpha value is -0.260. The molecule has 1 unspecified atom stereocenters. The van der Waals surface area contributed by atoms with Crippen molar-refractivity contribution in [3.8, 4) is 0 Å². The van der Waals surface area contributed by atoms with Crippen LogP contribution >= 0.6 is 11.8 Å². The van der Waals surface area contributed by atoms with E-state index in [-0.39, 0.29) is 5.91 Å². The highest BCUT2D eigenvalue weighted by Gasteiger charge is 2.36. The van der Waals surface area contributed by atoms with Gasteiger partial charge in [-0.15, -0.1) is 0 Å². The van der Waals surface area contributed by atoms with Crippen molar-refractivity contribution in [2.24, 2.45) is 5.73 Å². The standard InChI is InChI=1S/C13H24N2O2S/c1-13(12(14)16,15-10-2-3-10)6-9-18-11-4-7-17-8-5-11/h10-11,15H,2-9H2,1H3,(H2,14,16). The third-order valence-electron chi connectivity index (χ3n) is 3.77. The lowest BCUT2D eigenvalue weighted by Crippen LogP contribution is -2.54. The molecule has 0 radical (unpaired) electrons. The van der Waals surface area contributed by atoms with Crippen LogP contribution in [0.3, 0.4) is 0 Å². The number of carbonyl (C=O) groups excluding carboxylic acids is 1. The number of primary amides is 1. The average Bonchev–Trinajstić information content (AvgIpc) is 3.14. The zero-order chi connectivity index (χ0) is 13.0. The summed E-state index contributed by atoms with van der Waals surface area (Å²) in [5.74, 6) is 0.770. The Morgan fingerprint density at radius 2 is 2.06 bits per heavy atom. The van der Waals surface area contributed by atoms with Crippen molar-refractivity contribution >= 4 is 17.7 Å². The van der Waals surface area contributed by atoms with Gasteiger partial charge in [0.25, 0.3) is 0 Å². The van der Waals surface area contributed by atoms with Crippen LogP contribution in [-0.4, -0.2) is 41.7 Å². The smallest absolute Gasteiger partial charge is 0.237 e. The van der Waals surface area contributed by atoms with Crippen molar-refractivity contribution in [1.29, 1.82) is 0 Å². The monoisotopic (exact) mass is 272 g/mol. The van der Waals surface area contributed by atoms with Crippen LogP contribution in [0.5, 0.6) is 0 Å². The van der Waals surface area contributed by atoms with Gasteiger partial charge < -0.3 is 15.8 Å². The Balaban J connectivity index is 1.72. The predicted molar refractivity (Wildman–Crippen MR) is 74.7 cm³/mol. The van der Waals surface area contributed by atoms with E-state index in [0.717, 1.165) is 38.2 Å². The summed E-state index contributed by atoms with van der Waals surface area (Å²) in [7, 11) is 0. The summed E-state index contributed by atoms with van der Waals surface area (Å²) in [5.41, 5.74) is 5.01. The van der Waals surface area contributed by atoms with Crippen LogP contribution in [-0.2, 0) is 9.53 Å². The van der Waals surface area contributed by atoms with Gasteiger partial charge in [-0.05, 0) is 44.8 Å². The fourth-order valence-electron chi connectivity index (χ4n) is 2.22. The lowest BCUT2D eigenvalue weighted by Gasteiger charge is -2.29. The molecule has 1 atom stereocenters. The van der Waals surface area contributed by atoms with Crippen molar-refractivity contribution in [2.45, 2.75) is 55.9 Å². The number of hydrogen-bond acceptors (Lipinski definition) is 4. The van der Waals surface area contributed by atoms with Crippen LogP contribution in [0.25, 0.3) is 0 Å². The maximum atomic E-state index is 11.6. The van der Waals surface area contributed by atoms with Gasteiger partial charge in [-0.25, -0.2) is 0 Å². The summed E-state index contributed by atoms with van der Waals surface area (Å²) >= 11 is 1.96. The second-order valence-electron chi connectivity index (χ2n) is 5.55. The molecule has 2 fully saturated rings. The first-order chi connectivity index (χ1) is 8.60. The number of rotatable bonds is 7. The fraction of sp³-hybridized carbons (Fsp3) is 0.923. The molecule has 3 N–H and O–H groups in total. The second-order valence-corrected chi connectivity index (χ2v) is 6.96. The minimum absolute atomic E-state index is 0.220. The van der Waals surface area contributed by atoms with E-state index in [1.165, 1.54) is 12.8 Å². The number of thioether (sulfide) groups is 1. The molecule has 2 aliphatic rings. The lowest BCUT2D eigenvalue weighted by molar-refractivity contribution is -0.124. The molecule has 0 spiro atoms. The van der Waals surface area contributed by atoms with E-state index >= 15 is 0 Å². The molecule has 0 aromatic carbocycles. The van der Waals surface area contributed by atoms with Gasteiger partial charge >= 0.3 is 0 Å². The Morgan fingerprint density at radius 3 is 2.61 bits per heavy atom. The van der Waals surface area contributed by atoms with Gasteiger partial charge in [0.05, 0.1) is 5.54 Å². The van der Waals surface area contributed by atoms with Gasteiger partial charge in [0.1, 0.15) is 0 Å².